The molecule has 1 fully saturated rings. The minimum atomic E-state index is -1.00. The van der Waals surface area contributed by atoms with Crippen molar-refractivity contribution < 1.29 is 19.5 Å². The Morgan fingerprint density at radius 1 is 1.37 bits per heavy atom. The third kappa shape index (κ3) is 3.62. The maximum absolute atomic E-state index is 12.5. The third-order valence-electron chi connectivity index (χ3n) is 3.05. The maximum Gasteiger partial charge on any atom is 0.327 e. The van der Waals surface area contributed by atoms with Crippen LogP contribution < -0.4 is 5.32 Å². The van der Waals surface area contributed by atoms with Crippen LogP contribution >= 0.6 is 11.8 Å². The van der Waals surface area contributed by atoms with E-state index in [1.54, 1.807) is 6.92 Å². The molecule has 0 aromatic rings. The van der Waals surface area contributed by atoms with Crippen LogP contribution in [0, 0.1) is 5.92 Å². The van der Waals surface area contributed by atoms with Gasteiger partial charge in [-0.15, -0.1) is 11.8 Å². The first-order valence-electron chi connectivity index (χ1n) is 6.19. The highest BCUT2D eigenvalue weighted by atomic mass is 32.2. The summed E-state index contributed by atoms with van der Waals surface area (Å²) in [6.45, 7) is 6.79. The molecule has 0 saturated carbocycles. The van der Waals surface area contributed by atoms with Crippen molar-refractivity contribution in [1.29, 1.82) is 0 Å². The van der Waals surface area contributed by atoms with Gasteiger partial charge in [0.25, 0.3) is 0 Å². The summed E-state index contributed by atoms with van der Waals surface area (Å²) in [6.07, 6.45) is 0. The molecule has 1 heterocycles. The summed E-state index contributed by atoms with van der Waals surface area (Å²) in [7, 11) is 0. The number of nitrogens with zero attached hydrogens (tertiary/aromatic N) is 1. The van der Waals surface area contributed by atoms with Crippen LogP contribution in [0.2, 0.25) is 0 Å². The number of hydrogen-bond donors (Lipinski definition) is 2. The molecule has 0 bridgehead atoms. The van der Waals surface area contributed by atoms with E-state index in [-0.39, 0.29) is 23.1 Å². The number of rotatable bonds is 4. The van der Waals surface area contributed by atoms with E-state index >= 15 is 0 Å². The van der Waals surface area contributed by atoms with Crippen molar-refractivity contribution >= 4 is 29.5 Å². The van der Waals surface area contributed by atoms with Crippen LogP contribution in [0.25, 0.3) is 0 Å². The molecular formula is C12H20N2O4S. The lowest BCUT2D eigenvalue weighted by molar-refractivity contribution is -0.150. The fourth-order valence-electron chi connectivity index (χ4n) is 2.06. The van der Waals surface area contributed by atoms with Gasteiger partial charge >= 0.3 is 5.97 Å². The Balaban J connectivity index is 2.93. The van der Waals surface area contributed by atoms with Crippen molar-refractivity contribution in [2.45, 2.75) is 45.2 Å². The molecule has 2 amide bonds. The van der Waals surface area contributed by atoms with E-state index in [0.717, 1.165) is 0 Å². The van der Waals surface area contributed by atoms with Gasteiger partial charge in [-0.2, -0.15) is 0 Å². The van der Waals surface area contributed by atoms with E-state index in [1.165, 1.54) is 23.6 Å². The van der Waals surface area contributed by atoms with Crippen molar-refractivity contribution in [3.05, 3.63) is 0 Å². The summed E-state index contributed by atoms with van der Waals surface area (Å²) < 4.78 is 0. The van der Waals surface area contributed by atoms with E-state index in [9.17, 15) is 14.4 Å². The fraction of sp³-hybridized carbons (Fsp3) is 0.750. The van der Waals surface area contributed by atoms with Gasteiger partial charge in [0.1, 0.15) is 12.1 Å². The first-order valence-corrected chi connectivity index (χ1v) is 7.24. The van der Waals surface area contributed by atoms with Crippen LogP contribution in [0.1, 0.15) is 27.7 Å². The summed E-state index contributed by atoms with van der Waals surface area (Å²) in [4.78, 5) is 36.2. The van der Waals surface area contributed by atoms with Gasteiger partial charge in [0.2, 0.25) is 11.8 Å². The molecular weight excluding hydrogens is 268 g/mol. The van der Waals surface area contributed by atoms with Crippen molar-refractivity contribution in [2.75, 3.05) is 5.75 Å². The van der Waals surface area contributed by atoms with Gasteiger partial charge in [0.15, 0.2) is 0 Å². The largest absolute Gasteiger partial charge is 0.480 e. The second-order valence-electron chi connectivity index (χ2n) is 4.95. The number of hydrogen-bond acceptors (Lipinski definition) is 4. The Bertz CT molecular complexity index is 386. The number of aliphatic carboxylic acids is 1. The quantitative estimate of drug-likeness (QED) is 0.787. The molecule has 3 atom stereocenters. The first-order chi connectivity index (χ1) is 8.75. The van der Waals surface area contributed by atoms with Crippen LogP contribution in [0.15, 0.2) is 0 Å². The minimum Gasteiger partial charge on any atom is -0.480 e. The summed E-state index contributed by atoms with van der Waals surface area (Å²) in [5, 5.41) is 11.6. The molecule has 2 N–H and O–H groups in total. The lowest BCUT2D eigenvalue weighted by Gasteiger charge is -2.31. The highest BCUT2D eigenvalue weighted by molar-refractivity contribution is 8.00. The van der Waals surface area contributed by atoms with Crippen LogP contribution in [0.5, 0.6) is 0 Å². The van der Waals surface area contributed by atoms with Gasteiger partial charge in [-0.05, 0) is 12.8 Å². The number of carboxylic acid groups (broad SMARTS) is 1. The summed E-state index contributed by atoms with van der Waals surface area (Å²) in [5.41, 5.74) is 0. The lowest BCUT2D eigenvalue weighted by Crippen LogP contribution is -2.55. The van der Waals surface area contributed by atoms with Crippen LogP contribution in [0.4, 0.5) is 0 Å². The van der Waals surface area contributed by atoms with Gasteiger partial charge in [-0.25, -0.2) is 4.79 Å². The SMILES string of the molecule is CC(=O)NC(C(=O)N1C(C)SCC1C(=O)O)C(C)C. The molecule has 7 heteroatoms. The van der Waals surface area contributed by atoms with Gasteiger partial charge < -0.3 is 15.3 Å². The molecule has 0 aromatic heterocycles. The van der Waals surface area contributed by atoms with Gasteiger partial charge in [0.05, 0.1) is 5.37 Å². The predicted octanol–water partition coefficient (Wildman–Crippen LogP) is 0.522. The standard InChI is InChI=1S/C12H20N2O4S/c1-6(2)10(13-7(3)15)11(16)14-8(4)19-5-9(14)12(17)18/h6,8-10H,5H2,1-4H3,(H,13,15)(H,17,18). The van der Waals surface area contributed by atoms with Gasteiger partial charge in [0, 0.05) is 12.7 Å². The van der Waals surface area contributed by atoms with Crippen molar-refractivity contribution in [3.63, 3.8) is 0 Å². The topological polar surface area (TPSA) is 86.7 Å². The lowest BCUT2D eigenvalue weighted by atomic mass is 10.0. The number of carbonyl (C=O) groups is 3. The van der Waals surface area contributed by atoms with E-state index in [0.29, 0.717) is 5.75 Å². The highest BCUT2D eigenvalue weighted by Crippen LogP contribution is 2.30. The van der Waals surface area contributed by atoms with E-state index < -0.39 is 18.1 Å². The average Bonchev–Trinajstić information content (AvgIpc) is 2.66. The van der Waals surface area contributed by atoms with E-state index in [2.05, 4.69) is 5.32 Å². The van der Waals surface area contributed by atoms with Crippen molar-refractivity contribution in [2.24, 2.45) is 5.92 Å². The van der Waals surface area contributed by atoms with Crippen LogP contribution in [-0.4, -0.2) is 51.0 Å². The Hall–Kier alpha value is -1.24. The van der Waals surface area contributed by atoms with E-state index in [1.807, 2.05) is 13.8 Å². The second kappa shape index (κ2) is 6.27. The summed E-state index contributed by atoms with van der Waals surface area (Å²) in [6, 6.07) is -1.50. The third-order valence-corrected chi connectivity index (χ3v) is 4.27. The number of thioether (sulfide) groups is 1. The monoisotopic (exact) mass is 288 g/mol. The Labute approximate surface area is 116 Å². The van der Waals surface area contributed by atoms with Crippen molar-refractivity contribution in [3.8, 4) is 0 Å². The number of amides is 2. The zero-order valence-corrected chi connectivity index (χ0v) is 12.4. The van der Waals surface area contributed by atoms with Gasteiger partial charge in [-0.1, -0.05) is 13.8 Å². The zero-order chi connectivity index (χ0) is 14.7. The smallest absolute Gasteiger partial charge is 0.327 e. The van der Waals surface area contributed by atoms with Crippen LogP contribution in [0.3, 0.4) is 0 Å². The predicted molar refractivity (Wildman–Crippen MR) is 72.6 cm³/mol. The molecule has 1 aliphatic rings. The number of carbonyl (C=O) groups excluding carboxylic acids is 2. The molecule has 6 nitrogen and oxygen atoms in total. The molecule has 1 saturated heterocycles. The Kier molecular flexibility index (Phi) is 5.22. The highest BCUT2D eigenvalue weighted by Gasteiger charge is 2.42. The van der Waals surface area contributed by atoms with Crippen molar-refractivity contribution in [1.82, 2.24) is 10.2 Å². The number of nitrogens with one attached hydrogen (secondary N) is 1. The molecule has 1 rings (SSSR count). The van der Waals surface area contributed by atoms with Gasteiger partial charge in [-0.3, -0.25) is 9.59 Å². The second-order valence-corrected chi connectivity index (χ2v) is 6.30. The normalized spacial score (nSPS) is 24.4. The summed E-state index contributed by atoms with van der Waals surface area (Å²) >= 11 is 1.43. The maximum atomic E-state index is 12.5. The molecule has 108 valence electrons. The molecule has 3 unspecified atom stereocenters. The van der Waals surface area contributed by atoms with Crippen LogP contribution in [-0.2, 0) is 14.4 Å². The molecule has 0 radical (unpaired) electrons. The minimum absolute atomic E-state index is 0.0938. The molecule has 0 aromatic carbocycles. The molecule has 0 spiro atoms. The Morgan fingerprint density at radius 2 is 1.95 bits per heavy atom. The zero-order valence-electron chi connectivity index (χ0n) is 11.5. The first kappa shape index (κ1) is 15.8. The number of carboxylic acids is 1. The average molecular weight is 288 g/mol. The molecule has 19 heavy (non-hydrogen) atoms. The molecule has 1 aliphatic heterocycles. The summed E-state index contributed by atoms with van der Waals surface area (Å²) in [5.74, 6) is -1.33. The Morgan fingerprint density at radius 3 is 2.37 bits per heavy atom. The molecule has 0 aliphatic carbocycles. The van der Waals surface area contributed by atoms with E-state index in [4.69, 9.17) is 5.11 Å². The fourth-order valence-corrected chi connectivity index (χ4v) is 3.24.